The largest absolute Gasteiger partial charge is 0.485 e. The van der Waals surface area contributed by atoms with Crippen LogP contribution in [0.3, 0.4) is 0 Å². The molecule has 20 heavy (non-hydrogen) atoms. The van der Waals surface area contributed by atoms with E-state index in [9.17, 15) is 10.1 Å². The summed E-state index contributed by atoms with van der Waals surface area (Å²) in [5.41, 5.74) is 2.97. The number of non-ortho nitro benzene ring substituents is 1. The van der Waals surface area contributed by atoms with Crippen molar-refractivity contribution in [1.29, 1.82) is 0 Å². The van der Waals surface area contributed by atoms with Gasteiger partial charge in [-0.25, -0.2) is 5.84 Å². The summed E-state index contributed by atoms with van der Waals surface area (Å²) in [6.07, 6.45) is 0. The number of hydrogen-bond acceptors (Lipinski definition) is 8. The van der Waals surface area contributed by atoms with Crippen molar-refractivity contribution in [2.45, 2.75) is 6.61 Å². The Morgan fingerprint density at radius 1 is 1.45 bits per heavy atom. The number of benzene rings is 1. The van der Waals surface area contributed by atoms with E-state index >= 15 is 0 Å². The average Bonchev–Trinajstić information content (AvgIpc) is 2.84. The number of ether oxygens (including phenoxy) is 1. The van der Waals surface area contributed by atoms with Crippen LogP contribution in [0, 0.1) is 10.1 Å². The molecule has 0 aliphatic carbocycles. The van der Waals surface area contributed by atoms with Gasteiger partial charge >= 0.3 is 0 Å². The van der Waals surface area contributed by atoms with Crippen LogP contribution in [0.2, 0.25) is 0 Å². The number of rotatable bonds is 5. The van der Waals surface area contributed by atoms with Crippen LogP contribution < -0.4 is 16.0 Å². The minimum Gasteiger partial charge on any atom is -0.485 e. The second-order valence-corrected chi connectivity index (χ2v) is 5.94. The molecule has 2 aromatic rings. The summed E-state index contributed by atoms with van der Waals surface area (Å²) in [6, 6.07) is 2.73. The number of hydrogen-bond donors (Lipinski definition) is 2. The molecular weight excluding hydrogens is 418 g/mol. The summed E-state index contributed by atoms with van der Waals surface area (Å²) in [7, 11) is 0. The molecule has 1 aromatic heterocycles. The number of nitro benzene ring substituents is 1. The molecule has 0 bridgehead atoms. The molecule has 1 heterocycles. The molecule has 0 unspecified atom stereocenters. The lowest BCUT2D eigenvalue weighted by molar-refractivity contribution is -0.385. The predicted octanol–water partition coefficient (Wildman–Crippen LogP) is 2.84. The van der Waals surface area contributed by atoms with Crippen LogP contribution in [0.25, 0.3) is 0 Å². The van der Waals surface area contributed by atoms with E-state index in [1.165, 1.54) is 12.1 Å². The zero-order chi connectivity index (χ0) is 14.7. The number of halogens is 2. The molecule has 2 rings (SSSR count). The molecule has 0 aliphatic rings. The van der Waals surface area contributed by atoms with E-state index in [2.05, 4.69) is 46.9 Å². The van der Waals surface area contributed by atoms with Crippen molar-refractivity contribution in [3.05, 3.63) is 36.9 Å². The Hall–Kier alpha value is -1.30. The van der Waals surface area contributed by atoms with Crippen LogP contribution >= 0.6 is 43.4 Å². The van der Waals surface area contributed by atoms with Crippen LogP contribution in [0.1, 0.15) is 5.69 Å². The lowest BCUT2D eigenvalue weighted by atomic mass is 10.3. The molecule has 106 valence electrons. The average molecular weight is 425 g/mol. The standard InChI is InChI=1S/C9H7Br2N5O3S/c10-5-1-4(16(17)18)2-6(11)8(5)19-3-7-9(13-12)20-15-14-7/h1-2,13H,3,12H2. The van der Waals surface area contributed by atoms with Gasteiger partial charge in [0.25, 0.3) is 5.69 Å². The number of anilines is 1. The van der Waals surface area contributed by atoms with E-state index in [4.69, 9.17) is 10.6 Å². The van der Waals surface area contributed by atoms with Gasteiger partial charge in [0.05, 0.1) is 13.9 Å². The first-order chi connectivity index (χ1) is 9.52. The van der Waals surface area contributed by atoms with Crippen molar-refractivity contribution >= 4 is 54.1 Å². The van der Waals surface area contributed by atoms with Gasteiger partial charge in [-0.1, -0.05) is 4.49 Å². The second kappa shape index (κ2) is 6.43. The van der Waals surface area contributed by atoms with Crippen molar-refractivity contribution in [2.75, 3.05) is 5.43 Å². The third-order valence-electron chi connectivity index (χ3n) is 2.23. The second-order valence-electron chi connectivity index (χ2n) is 3.48. The highest BCUT2D eigenvalue weighted by Gasteiger charge is 2.16. The van der Waals surface area contributed by atoms with Crippen LogP contribution in [-0.2, 0) is 6.61 Å². The molecule has 0 saturated heterocycles. The molecule has 1 aromatic carbocycles. The molecule has 0 spiro atoms. The molecule has 3 N–H and O–H groups in total. The third kappa shape index (κ3) is 3.23. The normalized spacial score (nSPS) is 10.3. The maximum atomic E-state index is 10.7. The Labute approximate surface area is 133 Å². The first-order valence-corrected chi connectivity index (χ1v) is 7.43. The minimum absolute atomic E-state index is 0.0456. The first-order valence-electron chi connectivity index (χ1n) is 5.07. The number of nitrogens with one attached hydrogen (secondary N) is 1. The van der Waals surface area contributed by atoms with Crippen molar-refractivity contribution in [3.63, 3.8) is 0 Å². The predicted molar refractivity (Wildman–Crippen MR) is 80.5 cm³/mol. The highest BCUT2D eigenvalue weighted by atomic mass is 79.9. The van der Waals surface area contributed by atoms with E-state index in [0.29, 0.717) is 25.4 Å². The van der Waals surface area contributed by atoms with E-state index in [1.54, 1.807) is 0 Å². The molecular formula is C9H7Br2N5O3S. The quantitative estimate of drug-likeness (QED) is 0.430. The molecule has 0 atom stereocenters. The minimum atomic E-state index is -0.486. The Balaban J connectivity index is 2.20. The van der Waals surface area contributed by atoms with Gasteiger partial charge in [0.1, 0.15) is 18.1 Å². The zero-order valence-corrected chi connectivity index (χ0v) is 13.7. The van der Waals surface area contributed by atoms with Gasteiger partial charge in [-0.05, 0) is 31.9 Å². The van der Waals surface area contributed by atoms with Crippen LogP contribution in [0.5, 0.6) is 5.75 Å². The van der Waals surface area contributed by atoms with Gasteiger partial charge < -0.3 is 10.2 Å². The van der Waals surface area contributed by atoms with Crippen molar-refractivity contribution < 1.29 is 9.66 Å². The number of nitrogens with zero attached hydrogens (tertiary/aromatic N) is 3. The molecule has 0 radical (unpaired) electrons. The van der Waals surface area contributed by atoms with Crippen molar-refractivity contribution in [3.8, 4) is 5.75 Å². The SMILES string of the molecule is NNc1snnc1COc1c(Br)cc([N+](=O)[O-])cc1Br. The summed E-state index contributed by atoms with van der Waals surface area (Å²) in [5, 5.41) is 15.2. The van der Waals surface area contributed by atoms with Gasteiger partial charge in [-0.15, -0.1) is 5.10 Å². The number of hydrazine groups is 1. The smallest absolute Gasteiger partial charge is 0.271 e. The number of nitrogen functional groups attached to an aromatic ring is 1. The topological polar surface area (TPSA) is 116 Å². The number of aromatic nitrogens is 2. The van der Waals surface area contributed by atoms with Gasteiger partial charge in [0, 0.05) is 23.7 Å². The summed E-state index contributed by atoms with van der Waals surface area (Å²) in [6.45, 7) is 0.130. The third-order valence-corrected chi connectivity index (χ3v) is 4.11. The zero-order valence-electron chi connectivity index (χ0n) is 9.67. The Bertz CT molecular complexity index is 627. The van der Waals surface area contributed by atoms with Crippen LogP contribution in [-0.4, -0.2) is 14.5 Å². The van der Waals surface area contributed by atoms with Gasteiger partial charge in [-0.2, -0.15) is 0 Å². The van der Waals surface area contributed by atoms with Gasteiger partial charge in [0.15, 0.2) is 5.00 Å². The lowest BCUT2D eigenvalue weighted by Gasteiger charge is -2.09. The van der Waals surface area contributed by atoms with Crippen molar-refractivity contribution in [2.24, 2.45) is 5.84 Å². The molecule has 11 heteroatoms. The highest BCUT2D eigenvalue weighted by molar-refractivity contribution is 9.11. The Morgan fingerprint density at radius 2 is 2.10 bits per heavy atom. The molecule has 0 amide bonds. The number of nitrogens with two attached hydrogens (primary N) is 1. The van der Waals surface area contributed by atoms with Crippen LogP contribution in [0.4, 0.5) is 10.7 Å². The fourth-order valence-corrected chi connectivity index (χ4v) is 3.21. The fraction of sp³-hybridized carbons (Fsp3) is 0.111. The number of nitro groups is 1. The Kier molecular flexibility index (Phi) is 4.86. The maximum absolute atomic E-state index is 10.7. The first kappa shape index (κ1) is 15.1. The summed E-state index contributed by atoms with van der Waals surface area (Å²) in [4.78, 5) is 10.2. The molecule has 0 saturated carbocycles. The van der Waals surface area contributed by atoms with E-state index in [1.807, 2.05) is 0 Å². The fourth-order valence-electron chi connectivity index (χ4n) is 1.34. The molecule has 0 fully saturated rings. The molecule has 8 nitrogen and oxygen atoms in total. The Morgan fingerprint density at radius 3 is 2.65 bits per heavy atom. The highest BCUT2D eigenvalue weighted by Crippen LogP contribution is 2.37. The maximum Gasteiger partial charge on any atom is 0.271 e. The lowest BCUT2D eigenvalue weighted by Crippen LogP contribution is -2.08. The summed E-state index contributed by atoms with van der Waals surface area (Å²) < 4.78 is 10.2. The summed E-state index contributed by atoms with van der Waals surface area (Å²) >= 11 is 7.58. The van der Waals surface area contributed by atoms with Crippen LogP contribution in [0.15, 0.2) is 21.1 Å². The monoisotopic (exact) mass is 423 g/mol. The van der Waals surface area contributed by atoms with Gasteiger partial charge in [-0.3, -0.25) is 10.1 Å². The van der Waals surface area contributed by atoms with E-state index < -0.39 is 4.92 Å². The van der Waals surface area contributed by atoms with E-state index in [-0.39, 0.29) is 12.3 Å². The van der Waals surface area contributed by atoms with E-state index in [0.717, 1.165) is 11.5 Å². The van der Waals surface area contributed by atoms with Gasteiger partial charge in [0.2, 0.25) is 0 Å². The van der Waals surface area contributed by atoms with Crippen molar-refractivity contribution in [1.82, 2.24) is 9.59 Å². The summed E-state index contributed by atoms with van der Waals surface area (Å²) in [5.74, 6) is 5.75. The molecule has 0 aliphatic heterocycles.